The highest BCUT2D eigenvalue weighted by atomic mass is 32.1. The van der Waals surface area contributed by atoms with E-state index in [0.717, 1.165) is 10.7 Å². The maximum atomic E-state index is 11.5. The van der Waals surface area contributed by atoms with Crippen LogP contribution in [-0.2, 0) is 16.0 Å². The summed E-state index contributed by atoms with van der Waals surface area (Å²) in [5.41, 5.74) is 0.794. The predicted molar refractivity (Wildman–Crippen MR) is 66.1 cm³/mol. The van der Waals surface area contributed by atoms with Crippen molar-refractivity contribution in [1.29, 1.82) is 0 Å². The lowest BCUT2D eigenvalue weighted by atomic mass is 10.2. The number of thiazole rings is 1. The van der Waals surface area contributed by atoms with Crippen LogP contribution in [0.4, 0.5) is 0 Å². The number of hydrogen-bond donors (Lipinski definition) is 2. The van der Waals surface area contributed by atoms with Crippen LogP contribution in [0.2, 0.25) is 0 Å². The molecule has 0 bridgehead atoms. The van der Waals surface area contributed by atoms with Gasteiger partial charge in [-0.05, 0) is 13.3 Å². The molecule has 5 nitrogen and oxygen atoms in total. The first-order chi connectivity index (χ1) is 8.11. The van der Waals surface area contributed by atoms with Crippen molar-refractivity contribution < 1.29 is 14.6 Å². The molecule has 1 heterocycles. The molecule has 1 aromatic heterocycles. The first-order valence-electron chi connectivity index (χ1n) is 5.46. The van der Waals surface area contributed by atoms with Crippen LogP contribution >= 0.6 is 11.3 Å². The number of aliphatic hydroxyl groups is 1. The van der Waals surface area contributed by atoms with Crippen molar-refractivity contribution in [2.75, 3.05) is 20.3 Å². The molecule has 0 aliphatic carbocycles. The Morgan fingerprint density at radius 3 is 3.06 bits per heavy atom. The quantitative estimate of drug-likeness (QED) is 0.747. The number of aryl methyl sites for hydroxylation is 1. The number of aliphatic hydroxyl groups excluding tert-OH is 1. The van der Waals surface area contributed by atoms with E-state index < -0.39 is 6.10 Å². The fourth-order valence-corrected chi connectivity index (χ4v) is 1.98. The van der Waals surface area contributed by atoms with Gasteiger partial charge >= 0.3 is 0 Å². The molecule has 1 amide bonds. The van der Waals surface area contributed by atoms with Crippen LogP contribution < -0.4 is 5.32 Å². The Balaban J connectivity index is 2.17. The van der Waals surface area contributed by atoms with Crippen molar-refractivity contribution in [2.24, 2.45) is 0 Å². The van der Waals surface area contributed by atoms with Crippen LogP contribution in [-0.4, -0.2) is 42.4 Å². The van der Waals surface area contributed by atoms with Crippen LogP contribution in [0.3, 0.4) is 0 Å². The van der Waals surface area contributed by atoms with Crippen molar-refractivity contribution >= 4 is 17.2 Å². The van der Waals surface area contributed by atoms with E-state index in [9.17, 15) is 9.90 Å². The van der Waals surface area contributed by atoms with Crippen LogP contribution in [0.25, 0.3) is 0 Å². The number of carbonyl (C=O) groups is 1. The molecule has 0 aliphatic heterocycles. The monoisotopic (exact) mass is 258 g/mol. The zero-order valence-electron chi connectivity index (χ0n) is 10.1. The van der Waals surface area contributed by atoms with Gasteiger partial charge < -0.3 is 15.2 Å². The SMILES string of the molecule is COCC(O)CCNC(=O)Cc1csc(C)n1. The number of amides is 1. The number of carbonyl (C=O) groups excluding carboxylic acids is 1. The summed E-state index contributed by atoms with van der Waals surface area (Å²) >= 11 is 1.53. The van der Waals surface area contributed by atoms with Gasteiger partial charge in [-0.1, -0.05) is 0 Å². The molecular weight excluding hydrogens is 240 g/mol. The van der Waals surface area contributed by atoms with Crippen molar-refractivity contribution in [1.82, 2.24) is 10.3 Å². The van der Waals surface area contributed by atoms with Gasteiger partial charge in [0.15, 0.2) is 0 Å². The van der Waals surface area contributed by atoms with Crippen LogP contribution in [0.5, 0.6) is 0 Å². The lowest BCUT2D eigenvalue weighted by Crippen LogP contribution is -2.29. The fraction of sp³-hybridized carbons (Fsp3) is 0.636. The normalized spacial score (nSPS) is 12.4. The second kappa shape index (κ2) is 7.37. The molecule has 0 spiro atoms. The summed E-state index contributed by atoms with van der Waals surface area (Å²) < 4.78 is 4.79. The summed E-state index contributed by atoms with van der Waals surface area (Å²) in [4.78, 5) is 15.7. The molecular formula is C11H18N2O3S. The Morgan fingerprint density at radius 1 is 1.71 bits per heavy atom. The summed E-state index contributed by atoms with van der Waals surface area (Å²) in [6, 6.07) is 0. The molecule has 1 unspecified atom stereocenters. The lowest BCUT2D eigenvalue weighted by Gasteiger charge is -2.09. The van der Waals surface area contributed by atoms with Gasteiger partial charge in [0.2, 0.25) is 5.91 Å². The van der Waals surface area contributed by atoms with E-state index in [1.807, 2.05) is 12.3 Å². The number of methoxy groups -OCH3 is 1. The van der Waals surface area contributed by atoms with Gasteiger partial charge in [-0.15, -0.1) is 11.3 Å². The molecule has 1 aromatic rings. The third-order valence-corrected chi connectivity index (χ3v) is 2.99. The zero-order valence-corrected chi connectivity index (χ0v) is 10.9. The lowest BCUT2D eigenvalue weighted by molar-refractivity contribution is -0.120. The van der Waals surface area contributed by atoms with Crippen molar-refractivity contribution in [2.45, 2.75) is 25.9 Å². The Hall–Kier alpha value is -0.980. The number of hydrogen-bond acceptors (Lipinski definition) is 5. The number of rotatable bonds is 7. The van der Waals surface area contributed by atoms with E-state index in [0.29, 0.717) is 26.0 Å². The standard InChI is InChI=1S/C11H18N2O3S/c1-8-13-9(7-17-8)5-11(15)12-4-3-10(14)6-16-2/h7,10,14H,3-6H2,1-2H3,(H,12,15). The van der Waals surface area contributed by atoms with Crippen LogP contribution in [0.15, 0.2) is 5.38 Å². The van der Waals surface area contributed by atoms with E-state index >= 15 is 0 Å². The molecule has 0 saturated heterocycles. The fourth-order valence-electron chi connectivity index (χ4n) is 1.37. The van der Waals surface area contributed by atoms with E-state index in [2.05, 4.69) is 10.3 Å². The average Bonchev–Trinajstić information content (AvgIpc) is 2.64. The van der Waals surface area contributed by atoms with E-state index in [-0.39, 0.29) is 5.91 Å². The summed E-state index contributed by atoms with van der Waals surface area (Å²) in [6.07, 6.45) is 0.266. The summed E-state index contributed by atoms with van der Waals surface area (Å²) in [6.45, 7) is 2.65. The molecule has 96 valence electrons. The number of aromatic nitrogens is 1. The average molecular weight is 258 g/mol. The highest BCUT2D eigenvalue weighted by molar-refractivity contribution is 7.09. The predicted octanol–water partition coefficient (Wildman–Crippen LogP) is 0.508. The Labute approximate surface area is 105 Å². The smallest absolute Gasteiger partial charge is 0.226 e. The van der Waals surface area contributed by atoms with E-state index in [1.165, 1.54) is 18.4 Å². The topological polar surface area (TPSA) is 71.5 Å². The Kier molecular flexibility index (Phi) is 6.10. The molecule has 0 fully saturated rings. The number of ether oxygens (including phenoxy) is 1. The maximum absolute atomic E-state index is 11.5. The Morgan fingerprint density at radius 2 is 2.47 bits per heavy atom. The first-order valence-corrected chi connectivity index (χ1v) is 6.34. The van der Waals surface area contributed by atoms with Crippen LogP contribution in [0, 0.1) is 6.92 Å². The minimum Gasteiger partial charge on any atom is -0.391 e. The van der Waals surface area contributed by atoms with Gasteiger partial charge in [0.1, 0.15) is 0 Å². The second-order valence-electron chi connectivity index (χ2n) is 3.78. The number of nitrogens with one attached hydrogen (secondary N) is 1. The van der Waals surface area contributed by atoms with Gasteiger partial charge in [-0.25, -0.2) is 4.98 Å². The number of nitrogens with zero attached hydrogens (tertiary/aromatic N) is 1. The third kappa shape index (κ3) is 5.76. The summed E-state index contributed by atoms with van der Waals surface area (Å²) in [5, 5.41) is 15.0. The first kappa shape index (κ1) is 14.1. The molecule has 0 aromatic carbocycles. The molecule has 0 radical (unpaired) electrons. The van der Waals surface area contributed by atoms with Crippen molar-refractivity contribution in [3.63, 3.8) is 0 Å². The molecule has 1 atom stereocenters. The second-order valence-corrected chi connectivity index (χ2v) is 4.84. The van der Waals surface area contributed by atoms with E-state index in [4.69, 9.17) is 4.74 Å². The largest absolute Gasteiger partial charge is 0.391 e. The third-order valence-electron chi connectivity index (χ3n) is 2.17. The summed E-state index contributed by atoms with van der Waals surface area (Å²) in [5.74, 6) is -0.0695. The molecule has 0 aliphatic rings. The molecule has 2 N–H and O–H groups in total. The van der Waals surface area contributed by atoms with Gasteiger partial charge in [0.05, 0.1) is 29.8 Å². The highest BCUT2D eigenvalue weighted by Gasteiger charge is 2.07. The Bertz CT molecular complexity index is 354. The zero-order chi connectivity index (χ0) is 12.7. The maximum Gasteiger partial charge on any atom is 0.226 e. The van der Waals surface area contributed by atoms with Gasteiger partial charge in [-0.2, -0.15) is 0 Å². The molecule has 1 rings (SSSR count). The minimum absolute atomic E-state index is 0.0695. The van der Waals surface area contributed by atoms with Gasteiger partial charge in [0.25, 0.3) is 0 Å². The van der Waals surface area contributed by atoms with Crippen LogP contribution in [0.1, 0.15) is 17.1 Å². The molecule has 6 heteroatoms. The highest BCUT2D eigenvalue weighted by Crippen LogP contribution is 2.08. The minimum atomic E-state index is -0.526. The van der Waals surface area contributed by atoms with Gasteiger partial charge in [-0.3, -0.25) is 4.79 Å². The van der Waals surface area contributed by atoms with Crippen molar-refractivity contribution in [3.05, 3.63) is 16.1 Å². The molecule has 0 saturated carbocycles. The van der Waals surface area contributed by atoms with E-state index in [1.54, 1.807) is 0 Å². The molecule has 17 heavy (non-hydrogen) atoms. The van der Waals surface area contributed by atoms with Gasteiger partial charge in [0, 0.05) is 19.0 Å². The van der Waals surface area contributed by atoms with Crippen molar-refractivity contribution in [3.8, 4) is 0 Å². The summed E-state index contributed by atoms with van der Waals surface area (Å²) in [7, 11) is 1.53.